The van der Waals surface area contributed by atoms with Crippen LogP contribution in [0.25, 0.3) is 186 Å². The monoisotopic (exact) mass is 1060 g/mol. The maximum absolute atomic E-state index is 7.24. The summed E-state index contributed by atoms with van der Waals surface area (Å²) in [6.45, 7) is 6.94. The number of aryl methyl sites for hydroxylation is 1. The first kappa shape index (κ1) is 44.2. The maximum Gasteiger partial charge on any atom is 0.160 e. The molecule has 20 rings (SSSR count). The summed E-state index contributed by atoms with van der Waals surface area (Å²) in [5, 5.41) is 18.3. The second kappa shape index (κ2) is 15.3. The van der Waals surface area contributed by atoms with Crippen molar-refractivity contribution >= 4 is 164 Å². The molecule has 0 spiro atoms. The molecule has 0 atom stereocenters. The summed E-state index contributed by atoms with van der Waals surface area (Å²) in [5.41, 5.74) is 22.0. The molecule has 0 fully saturated rings. The van der Waals surface area contributed by atoms with Crippen LogP contribution in [0.3, 0.4) is 0 Å². The average molecular weight is 1060 g/mol. The van der Waals surface area contributed by atoms with E-state index in [4.69, 9.17) is 17.7 Å². The summed E-state index contributed by atoms with van der Waals surface area (Å²) in [7, 11) is 0. The minimum absolute atomic E-state index is 0.232. The molecule has 8 heterocycles. The van der Waals surface area contributed by atoms with Gasteiger partial charge in [-0.1, -0.05) is 153 Å². The molecule has 83 heavy (non-hydrogen) atoms. The van der Waals surface area contributed by atoms with Crippen LogP contribution < -0.4 is 0 Å². The van der Waals surface area contributed by atoms with Crippen LogP contribution in [0.5, 0.6) is 0 Å². The molecule has 0 bridgehead atoms. The number of hydrogen-bond acceptors (Lipinski definition) is 4. The normalized spacial score (nSPS) is 13.0. The number of aromatic nitrogens is 2. The molecule has 0 aliphatic carbocycles. The SMILES string of the molecule is Cc1ccccc1-c1cc2c3ccc4c5ccccc5oc4c3n3c2c(c1)c1ccc2c4ccc(CC(C)(C)c5cccc(-c6cc7c8ccc9c%10ccccc%10oc9c8n8c7c(c6)c6ccc7c9ccccc9oc7c68)c5)cc4oc2c13. The summed E-state index contributed by atoms with van der Waals surface area (Å²) in [5.74, 6) is 0. The number of benzene rings is 12. The predicted molar refractivity (Wildman–Crippen MR) is 344 cm³/mol. The van der Waals surface area contributed by atoms with E-state index in [0.29, 0.717) is 0 Å². The van der Waals surface area contributed by atoms with Crippen molar-refractivity contribution in [2.45, 2.75) is 32.6 Å². The van der Waals surface area contributed by atoms with Crippen LogP contribution in [0, 0.1) is 6.92 Å². The third-order valence-corrected chi connectivity index (χ3v) is 19.0. The number of nitrogens with zero attached hydrogens (tertiary/aromatic N) is 2. The van der Waals surface area contributed by atoms with Crippen molar-refractivity contribution in [1.29, 1.82) is 0 Å². The Hall–Kier alpha value is -10.6. The van der Waals surface area contributed by atoms with Crippen molar-refractivity contribution in [3.63, 3.8) is 0 Å². The quantitative estimate of drug-likeness (QED) is 0.172. The molecular weight excluding hydrogens is 1020 g/mol. The predicted octanol–water partition coefficient (Wildman–Crippen LogP) is 21.7. The molecular formula is C77H46N2O4. The highest BCUT2D eigenvalue weighted by atomic mass is 16.3. The van der Waals surface area contributed by atoms with Gasteiger partial charge in [0.1, 0.15) is 22.3 Å². The zero-order valence-corrected chi connectivity index (χ0v) is 45.4. The highest BCUT2D eigenvalue weighted by Gasteiger charge is 2.29. The standard InChI is InChI=1S/C77H46N2O4/c1-40-13-4-5-16-46(40)44-37-61-53-27-31-57-49-19-8-11-22-65(49)82-75(57)71(53)79-68(61)62(38-44)54-28-32-58-50-24-23-41(33-66(50)83-76(58)72(54)79)39-77(2,3)45-15-12-14-42(34-45)43-35-59-51-25-29-55-47-17-6-9-20-63(47)80-73(55)69(51)78-67(59)60(36-43)52-26-30-56-48-18-7-10-21-64(48)81-74(56)70(52)78/h4-38H,39H2,1-3H3. The molecule has 0 radical (unpaired) electrons. The molecule has 0 saturated carbocycles. The lowest BCUT2D eigenvalue weighted by molar-refractivity contribution is 0.522. The lowest BCUT2D eigenvalue weighted by atomic mass is 9.78. The molecule has 6 heteroatoms. The Bertz CT molecular complexity index is 6110. The first-order valence-electron chi connectivity index (χ1n) is 28.8. The Kier molecular flexibility index (Phi) is 8.13. The molecule has 8 aromatic heterocycles. The van der Waals surface area contributed by atoms with Crippen LogP contribution >= 0.6 is 0 Å². The van der Waals surface area contributed by atoms with E-state index in [9.17, 15) is 0 Å². The molecule has 6 nitrogen and oxygen atoms in total. The first-order chi connectivity index (χ1) is 40.8. The molecule has 0 unspecified atom stereocenters. The van der Waals surface area contributed by atoms with Gasteiger partial charge in [0, 0.05) is 86.2 Å². The van der Waals surface area contributed by atoms with Crippen molar-refractivity contribution in [1.82, 2.24) is 8.80 Å². The van der Waals surface area contributed by atoms with Gasteiger partial charge in [0.15, 0.2) is 22.3 Å². The highest BCUT2D eigenvalue weighted by molar-refractivity contribution is 6.34. The van der Waals surface area contributed by atoms with Crippen LogP contribution in [0.1, 0.15) is 30.5 Å². The number of fused-ring (bicyclic) bond motifs is 28. The molecule has 20 aromatic rings. The summed E-state index contributed by atoms with van der Waals surface area (Å²) >= 11 is 0. The number of rotatable bonds is 5. The van der Waals surface area contributed by atoms with Crippen molar-refractivity contribution in [3.8, 4) is 22.3 Å². The van der Waals surface area contributed by atoms with Gasteiger partial charge < -0.3 is 26.5 Å². The summed E-state index contributed by atoms with van der Waals surface area (Å²) in [4.78, 5) is 0. The van der Waals surface area contributed by atoms with Gasteiger partial charge in [0.05, 0.1) is 33.1 Å². The van der Waals surface area contributed by atoms with Crippen molar-refractivity contribution in [2.75, 3.05) is 0 Å². The van der Waals surface area contributed by atoms with Gasteiger partial charge in [0.2, 0.25) is 0 Å². The zero-order valence-electron chi connectivity index (χ0n) is 45.4. The molecule has 0 N–H and O–H groups in total. The van der Waals surface area contributed by atoms with E-state index in [1.807, 2.05) is 12.1 Å². The number of para-hydroxylation sites is 3. The van der Waals surface area contributed by atoms with Gasteiger partial charge >= 0.3 is 0 Å². The minimum atomic E-state index is -0.232. The van der Waals surface area contributed by atoms with Gasteiger partial charge in [-0.15, -0.1) is 0 Å². The van der Waals surface area contributed by atoms with Gasteiger partial charge in [-0.3, -0.25) is 0 Å². The largest absolute Gasteiger partial charge is 0.454 e. The maximum atomic E-state index is 7.24. The van der Waals surface area contributed by atoms with Crippen LogP contribution in [-0.4, -0.2) is 8.80 Å². The number of furan rings is 4. The zero-order chi connectivity index (χ0) is 54.3. The highest BCUT2D eigenvalue weighted by Crippen LogP contribution is 2.51. The summed E-state index contributed by atoms with van der Waals surface area (Å²) in [6, 6.07) is 77.6. The van der Waals surface area contributed by atoms with Gasteiger partial charge in [-0.05, 0) is 131 Å². The lowest BCUT2D eigenvalue weighted by Crippen LogP contribution is -2.20. The van der Waals surface area contributed by atoms with Crippen molar-refractivity contribution in [3.05, 3.63) is 229 Å². The second-order valence-corrected chi connectivity index (χ2v) is 24.0. The van der Waals surface area contributed by atoms with Crippen molar-refractivity contribution < 1.29 is 17.7 Å². The van der Waals surface area contributed by atoms with Crippen LogP contribution in [0.15, 0.2) is 230 Å². The van der Waals surface area contributed by atoms with E-state index in [-0.39, 0.29) is 5.41 Å². The third kappa shape index (κ3) is 5.63. The molecule has 0 aliphatic rings. The Morgan fingerprint density at radius 3 is 1.18 bits per heavy atom. The third-order valence-electron chi connectivity index (χ3n) is 19.0. The first-order valence-corrected chi connectivity index (χ1v) is 28.8. The summed E-state index contributed by atoms with van der Waals surface area (Å²) in [6.07, 6.45) is 0.813. The average Bonchev–Trinajstić information content (AvgIpc) is 4.59. The number of hydrogen-bond donors (Lipinski definition) is 0. The fourth-order valence-electron chi connectivity index (χ4n) is 15.3. The fourth-order valence-corrected chi connectivity index (χ4v) is 15.3. The Balaban J connectivity index is 0.738. The van der Waals surface area contributed by atoms with Gasteiger partial charge in [-0.2, -0.15) is 0 Å². The lowest BCUT2D eigenvalue weighted by Gasteiger charge is -2.26. The molecule has 388 valence electrons. The van der Waals surface area contributed by atoms with Gasteiger partial charge in [-0.25, -0.2) is 0 Å². The molecule has 12 aromatic carbocycles. The Labute approximate surface area is 471 Å². The molecule has 0 amide bonds. The van der Waals surface area contributed by atoms with E-state index >= 15 is 0 Å². The van der Waals surface area contributed by atoms with Gasteiger partial charge in [0.25, 0.3) is 0 Å². The molecule has 0 aliphatic heterocycles. The van der Waals surface area contributed by atoms with E-state index in [2.05, 4.69) is 230 Å². The smallest absolute Gasteiger partial charge is 0.160 e. The Morgan fingerprint density at radius 2 is 0.699 bits per heavy atom. The van der Waals surface area contributed by atoms with E-state index < -0.39 is 0 Å². The topological polar surface area (TPSA) is 61.4 Å². The van der Waals surface area contributed by atoms with Crippen LogP contribution in [0.4, 0.5) is 0 Å². The van der Waals surface area contributed by atoms with Crippen LogP contribution in [0.2, 0.25) is 0 Å². The molecule has 0 saturated heterocycles. The van der Waals surface area contributed by atoms with Crippen LogP contribution in [-0.2, 0) is 11.8 Å². The van der Waals surface area contributed by atoms with Crippen molar-refractivity contribution in [2.24, 2.45) is 0 Å². The fraction of sp³-hybridized carbons (Fsp3) is 0.0649. The Morgan fingerprint density at radius 1 is 0.301 bits per heavy atom. The van der Waals surface area contributed by atoms with E-state index in [1.165, 1.54) is 76.9 Å². The second-order valence-electron chi connectivity index (χ2n) is 24.0. The minimum Gasteiger partial charge on any atom is -0.454 e. The van der Waals surface area contributed by atoms with E-state index in [1.54, 1.807) is 0 Å². The van der Waals surface area contributed by atoms with E-state index in [0.717, 1.165) is 132 Å². The summed E-state index contributed by atoms with van der Waals surface area (Å²) < 4.78 is 32.6.